The first-order valence-electron chi connectivity index (χ1n) is 9.69. The fourth-order valence-electron chi connectivity index (χ4n) is 3.23. The number of likely N-dealkylation sites (N-methyl/N-ethyl adjacent to an activating group) is 1. The minimum absolute atomic E-state index is 0.179. The Labute approximate surface area is 165 Å². The highest BCUT2D eigenvalue weighted by Crippen LogP contribution is 2.15. The van der Waals surface area contributed by atoms with Gasteiger partial charge in [-0.25, -0.2) is 9.37 Å². The molecule has 0 saturated carbocycles. The van der Waals surface area contributed by atoms with Gasteiger partial charge in [-0.1, -0.05) is 25.1 Å². The van der Waals surface area contributed by atoms with Gasteiger partial charge in [0.05, 0.1) is 0 Å². The molecule has 1 aliphatic rings. The lowest BCUT2D eigenvalue weighted by Gasteiger charge is -2.34. The number of nitrogens with one attached hydrogen (secondary N) is 1. The molecule has 5 nitrogen and oxygen atoms in total. The second-order valence-electron chi connectivity index (χ2n) is 7.00. The van der Waals surface area contributed by atoms with Gasteiger partial charge in [0.1, 0.15) is 11.6 Å². The van der Waals surface area contributed by atoms with Gasteiger partial charge in [-0.2, -0.15) is 0 Å². The summed E-state index contributed by atoms with van der Waals surface area (Å²) in [5.41, 5.74) is 2.57. The lowest BCUT2D eigenvalue weighted by Crippen LogP contribution is -2.46. The Balaban J connectivity index is 1.51. The highest BCUT2D eigenvalue weighted by molar-refractivity contribution is 5.94. The summed E-state index contributed by atoms with van der Waals surface area (Å²) in [5.74, 6) is 0.517. The Kier molecular flexibility index (Phi) is 6.76. The highest BCUT2D eigenvalue weighted by atomic mass is 19.1. The van der Waals surface area contributed by atoms with Gasteiger partial charge in [0.25, 0.3) is 0 Å². The summed E-state index contributed by atoms with van der Waals surface area (Å²) in [6, 6.07) is 10.1. The summed E-state index contributed by atoms with van der Waals surface area (Å²) < 4.78 is 13.0. The SMILES string of the molecule is CCN1CCN(c2ccc(CNC(=O)/C=C(\C)c3ccc(F)cc3)cn2)CC1. The normalized spacial score (nSPS) is 15.5. The number of nitrogens with zero attached hydrogens (tertiary/aromatic N) is 3. The van der Waals surface area contributed by atoms with Gasteiger partial charge in [0.15, 0.2) is 0 Å². The number of halogens is 1. The van der Waals surface area contributed by atoms with E-state index >= 15 is 0 Å². The molecule has 148 valence electrons. The van der Waals surface area contributed by atoms with Crippen molar-refractivity contribution in [3.8, 4) is 0 Å². The van der Waals surface area contributed by atoms with Gasteiger partial charge in [-0.05, 0) is 48.4 Å². The van der Waals surface area contributed by atoms with Gasteiger partial charge in [0, 0.05) is 45.0 Å². The van der Waals surface area contributed by atoms with Crippen molar-refractivity contribution in [1.82, 2.24) is 15.2 Å². The zero-order valence-electron chi connectivity index (χ0n) is 16.5. The molecule has 6 heteroatoms. The van der Waals surface area contributed by atoms with E-state index in [1.807, 2.05) is 25.3 Å². The Morgan fingerprint density at radius 3 is 2.46 bits per heavy atom. The number of hydrogen-bond donors (Lipinski definition) is 1. The number of carbonyl (C=O) groups is 1. The molecule has 0 radical (unpaired) electrons. The number of hydrogen-bond acceptors (Lipinski definition) is 4. The van der Waals surface area contributed by atoms with Crippen molar-refractivity contribution in [3.05, 3.63) is 65.6 Å². The second kappa shape index (κ2) is 9.46. The summed E-state index contributed by atoms with van der Waals surface area (Å²) >= 11 is 0. The minimum Gasteiger partial charge on any atom is -0.354 e. The van der Waals surface area contributed by atoms with Crippen LogP contribution in [0.4, 0.5) is 10.2 Å². The molecule has 0 bridgehead atoms. The first kappa shape index (κ1) is 20.0. The molecule has 1 N–H and O–H groups in total. The van der Waals surface area contributed by atoms with E-state index in [0.29, 0.717) is 6.54 Å². The van der Waals surface area contributed by atoms with Gasteiger partial charge >= 0.3 is 0 Å². The van der Waals surface area contributed by atoms with Crippen molar-refractivity contribution >= 4 is 17.3 Å². The van der Waals surface area contributed by atoms with E-state index in [2.05, 4.69) is 27.0 Å². The van der Waals surface area contributed by atoms with Gasteiger partial charge in [0.2, 0.25) is 5.91 Å². The molecule has 1 amide bonds. The number of piperazine rings is 1. The summed E-state index contributed by atoms with van der Waals surface area (Å²) in [6.45, 7) is 9.65. The molecule has 0 spiro atoms. The lowest BCUT2D eigenvalue weighted by molar-refractivity contribution is -0.116. The standard InChI is InChI=1S/C22H27FN4O/c1-3-26-10-12-27(13-11-26)21-9-4-18(15-24-21)16-25-22(28)14-17(2)19-5-7-20(23)8-6-19/h4-9,14-15H,3,10-13,16H2,1-2H3,(H,25,28)/b17-14+. The molecular weight excluding hydrogens is 355 g/mol. The second-order valence-corrected chi connectivity index (χ2v) is 7.00. The third kappa shape index (κ3) is 5.39. The van der Waals surface area contributed by atoms with E-state index in [1.54, 1.807) is 12.1 Å². The number of anilines is 1. The molecule has 1 aliphatic heterocycles. The molecule has 1 saturated heterocycles. The number of benzene rings is 1. The first-order chi connectivity index (χ1) is 13.5. The Morgan fingerprint density at radius 2 is 1.86 bits per heavy atom. The van der Waals surface area contributed by atoms with Crippen LogP contribution >= 0.6 is 0 Å². The molecule has 3 rings (SSSR count). The number of allylic oxidation sites excluding steroid dienone is 1. The third-order valence-electron chi connectivity index (χ3n) is 5.07. The quantitative estimate of drug-likeness (QED) is 0.780. The molecule has 0 aliphatic carbocycles. The van der Waals surface area contributed by atoms with Crippen molar-refractivity contribution in [2.45, 2.75) is 20.4 Å². The molecule has 2 heterocycles. The van der Waals surface area contributed by atoms with E-state index in [0.717, 1.165) is 55.2 Å². The molecule has 1 fully saturated rings. The van der Waals surface area contributed by atoms with Crippen LogP contribution in [0, 0.1) is 5.82 Å². The summed E-state index contributed by atoms with van der Waals surface area (Å²) in [7, 11) is 0. The number of rotatable bonds is 6. The Morgan fingerprint density at radius 1 is 1.14 bits per heavy atom. The maximum Gasteiger partial charge on any atom is 0.244 e. The van der Waals surface area contributed by atoms with Crippen LogP contribution in [0.3, 0.4) is 0 Å². The molecule has 1 aromatic carbocycles. The van der Waals surface area contributed by atoms with Crippen LogP contribution in [-0.2, 0) is 11.3 Å². The van der Waals surface area contributed by atoms with E-state index < -0.39 is 0 Å². The maximum atomic E-state index is 13.0. The number of pyridine rings is 1. The van der Waals surface area contributed by atoms with E-state index in [4.69, 9.17) is 0 Å². The summed E-state index contributed by atoms with van der Waals surface area (Å²) in [4.78, 5) is 21.4. The number of carbonyl (C=O) groups excluding carboxylic acids is 1. The van der Waals surface area contributed by atoms with E-state index in [9.17, 15) is 9.18 Å². The van der Waals surface area contributed by atoms with E-state index in [-0.39, 0.29) is 11.7 Å². The van der Waals surface area contributed by atoms with Crippen LogP contribution in [0.25, 0.3) is 5.57 Å². The predicted molar refractivity (Wildman–Crippen MR) is 110 cm³/mol. The number of aromatic nitrogens is 1. The van der Waals surface area contributed by atoms with Gasteiger partial charge in [-0.15, -0.1) is 0 Å². The van der Waals surface area contributed by atoms with Gasteiger partial charge < -0.3 is 15.1 Å². The van der Waals surface area contributed by atoms with Crippen LogP contribution in [0.15, 0.2) is 48.7 Å². The van der Waals surface area contributed by atoms with Crippen LogP contribution in [-0.4, -0.2) is 48.5 Å². The molecule has 1 aromatic heterocycles. The minimum atomic E-state index is -0.288. The average molecular weight is 382 g/mol. The topological polar surface area (TPSA) is 48.5 Å². The van der Waals surface area contributed by atoms with Crippen LogP contribution in [0.1, 0.15) is 25.0 Å². The Hall–Kier alpha value is -2.73. The third-order valence-corrected chi connectivity index (χ3v) is 5.07. The van der Waals surface area contributed by atoms with E-state index in [1.165, 1.54) is 18.2 Å². The average Bonchev–Trinajstić information content (AvgIpc) is 2.73. The Bertz CT molecular complexity index is 809. The zero-order valence-corrected chi connectivity index (χ0v) is 16.5. The predicted octanol–water partition coefficient (Wildman–Crippen LogP) is 3.08. The molecule has 0 atom stereocenters. The summed E-state index contributed by atoms with van der Waals surface area (Å²) in [6.07, 6.45) is 3.35. The van der Waals surface area contributed by atoms with Crippen molar-refractivity contribution in [1.29, 1.82) is 0 Å². The van der Waals surface area contributed by atoms with Crippen molar-refractivity contribution in [2.24, 2.45) is 0 Å². The van der Waals surface area contributed by atoms with Crippen molar-refractivity contribution in [2.75, 3.05) is 37.6 Å². The largest absolute Gasteiger partial charge is 0.354 e. The zero-order chi connectivity index (χ0) is 19.9. The molecule has 2 aromatic rings. The van der Waals surface area contributed by atoms with Gasteiger partial charge in [-0.3, -0.25) is 4.79 Å². The molecule has 0 unspecified atom stereocenters. The number of amides is 1. The van der Waals surface area contributed by atoms with Crippen molar-refractivity contribution in [3.63, 3.8) is 0 Å². The fourth-order valence-corrected chi connectivity index (χ4v) is 3.23. The maximum absolute atomic E-state index is 13.0. The fraction of sp³-hybridized carbons (Fsp3) is 0.364. The molecular formula is C22H27FN4O. The van der Waals surface area contributed by atoms with Crippen molar-refractivity contribution < 1.29 is 9.18 Å². The smallest absolute Gasteiger partial charge is 0.244 e. The van der Waals surface area contributed by atoms with Crippen LogP contribution in [0.5, 0.6) is 0 Å². The summed E-state index contributed by atoms with van der Waals surface area (Å²) in [5, 5.41) is 2.87. The molecule has 28 heavy (non-hydrogen) atoms. The lowest BCUT2D eigenvalue weighted by atomic mass is 10.1. The first-order valence-corrected chi connectivity index (χ1v) is 9.69. The highest BCUT2D eigenvalue weighted by Gasteiger charge is 2.16. The van der Waals surface area contributed by atoms with Crippen LogP contribution in [0.2, 0.25) is 0 Å². The van der Waals surface area contributed by atoms with Crippen LogP contribution < -0.4 is 10.2 Å². The monoisotopic (exact) mass is 382 g/mol.